The van der Waals surface area contributed by atoms with E-state index < -0.39 is 5.60 Å². The molecule has 120 valence electrons. The van der Waals surface area contributed by atoms with Crippen LogP contribution in [0, 0.1) is 0 Å². The molecular weight excluding hydrogens is 286 g/mol. The SMILES string of the molecule is CCO[C@@H]1C[C@H](NC(=O)c2ccc(=O)n(C)n2)[C@]12CCCO2. The van der Waals surface area contributed by atoms with Crippen LogP contribution in [0.5, 0.6) is 0 Å². The highest BCUT2D eigenvalue weighted by Gasteiger charge is 2.59. The molecule has 1 saturated carbocycles. The van der Waals surface area contributed by atoms with E-state index in [-0.39, 0.29) is 29.3 Å². The van der Waals surface area contributed by atoms with E-state index in [4.69, 9.17) is 9.47 Å². The fourth-order valence-corrected chi connectivity index (χ4v) is 3.34. The van der Waals surface area contributed by atoms with E-state index in [0.29, 0.717) is 13.2 Å². The van der Waals surface area contributed by atoms with Gasteiger partial charge in [0, 0.05) is 26.3 Å². The van der Waals surface area contributed by atoms with Crippen LogP contribution in [0.1, 0.15) is 36.7 Å². The Kier molecular flexibility index (Phi) is 4.01. The van der Waals surface area contributed by atoms with Gasteiger partial charge in [-0.2, -0.15) is 5.10 Å². The molecule has 1 aromatic heterocycles. The lowest BCUT2D eigenvalue weighted by molar-refractivity contribution is -0.194. The van der Waals surface area contributed by atoms with Crippen molar-refractivity contribution < 1.29 is 14.3 Å². The van der Waals surface area contributed by atoms with Gasteiger partial charge in [-0.1, -0.05) is 0 Å². The Morgan fingerprint density at radius 3 is 3.05 bits per heavy atom. The molecule has 1 aliphatic heterocycles. The van der Waals surface area contributed by atoms with Gasteiger partial charge < -0.3 is 14.8 Å². The number of rotatable bonds is 4. The summed E-state index contributed by atoms with van der Waals surface area (Å²) in [4.78, 5) is 23.7. The summed E-state index contributed by atoms with van der Waals surface area (Å²) < 4.78 is 12.8. The first-order valence-electron chi connectivity index (χ1n) is 7.67. The minimum absolute atomic E-state index is 0.0402. The fraction of sp³-hybridized carbons (Fsp3) is 0.667. The zero-order valence-corrected chi connectivity index (χ0v) is 12.9. The van der Waals surface area contributed by atoms with Crippen molar-refractivity contribution in [3.63, 3.8) is 0 Å². The van der Waals surface area contributed by atoms with Crippen LogP contribution in [-0.4, -0.2) is 46.6 Å². The summed E-state index contributed by atoms with van der Waals surface area (Å²) >= 11 is 0. The van der Waals surface area contributed by atoms with E-state index in [2.05, 4.69) is 10.4 Å². The summed E-state index contributed by atoms with van der Waals surface area (Å²) in [5.74, 6) is -0.287. The third kappa shape index (κ3) is 2.44. The smallest absolute Gasteiger partial charge is 0.272 e. The van der Waals surface area contributed by atoms with Crippen LogP contribution in [0.25, 0.3) is 0 Å². The van der Waals surface area contributed by atoms with E-state index in [1.165, 1.54) is 19.2 Å². The topological polar surface area (TPSA) is 82.5 Å². The molecule has 2 aliphatic rings. The highest BCUT2D eigenvalue weighted by Crippen LogP contribution is 2.45. The number of carbonyl (C=O) groups excluding carboxylic acids is 1. The van der Waals surface area contributed by atoms with Gasteiger partial charge in [-0.05, 0) is 32.3 Å². The molecule has 0 bridgehead atoms. The highest BCUT2D eigenvalue weighted by atomic mass is 16.6. The molecular formula is C15H21N3O4. The predicted molar refractivity (Wildman–Crippen MR) is 78.7 cm³/mol. The first-order chi connectivity index (χ1) is 10.6. The zero-order chi connectivity index (χ0) is 15.7. The molecule has 1 aliphatic carbocycles. The number of carbonyl (C=O) groups is 1. The van der Waals surface area contributed by atoms with Crippen molar-refractivity contribution in [2.75, 3.05) is 13.2 Å². The zero-order valence-electron chi connectivity index (χ0n) is 12.9. The van der Waals surface area contributed by atoms with Gasteiger partial charge in [0.1, 0.15) is 11.3 Å². The molecule has 1 saturated heterocycles. The van der Waals surface area contributed by atoms with Crippen LogP contribution in [-0.2, 0) is 16.5 Å². The standard InChI is InChI=1S/C15H21N3O4/c1-3-21-12-9-11(15(12)7-4-8-22-15)16-14(20)10-5-6-13(19)18(2)17-10/h5-6,11-12H,3-4,7-9H2,1-2H3,(H,16,20)/t11-,12+,15+/m0/s1. The fourth-order valence-electron chi connectivity index (χ4n) is 3.34. The van der Waals surface area contributed by atoms with Crippen molar-refractivity contribution in [3.8, 4) is 0 Å². The lowest BCUT2D eigenvalue weighted by Crippen LogP contribution is -2.69. The van der Waals surface area contributed by atoms with Crippen molar-refractivity contribution in [3.05, 3.63) is 28.2 Å². The van der Waals surface area contributed by atoms with E-state index in [9.17, 15) is 9.59 Å². The quantitative estimate of drug-likeness (QED) is 0.861. The van der Waals surface area contributed by atoms with Gasteiger partial charge in [0.25, 0.3) is 11.5 Å². The Hall–Kier alpha value is -1.73. The molecule has 0 aromatic carbocycles. The number of aromatic nitrogens is 2. The van der Waals surface area contributed by atoms with E-state index >= 15 is 0 Å². The van der Waals surface area contributed by atoms with Gasteiger partial charge in [0.2, 0.25) is 0 Å². The van der Waals surface area contributed by atoms with Gasteiger partial charge in [-0.25, -0.2) is 4.68 Å². The van der Waals surface area contributed by atoms with Crippen LogP contribution >= 0.6 is 0 Å². The summed E-state index contributed by atoms with van der Waals surface area (Å²) in [6.07, 6.45) is 2.65. The number of ether oxygens (including phenoxy) is 2. The molecule has 7 nitrogen and oxygen atoms in total. The average molecular weight is 307 g/mol. The van der Waals surface area contributed by atoms with Gasteiger partial charge >= 0.3 is 0 Å². The summed E-state index contributed by atoms with van der Waals surface area (Å²) in [5.41, 5.74) is -0.408. The minimum Gasteiger partial charge on any atom is -0.375 e. The largest absolute Gasteiger partial charge is 0.375 e. The molecule has 1 N–H and O–H groups in total. The molecule has 22 heavy (non-hydrogen) atoms. The van der Waals surface area contributed by atoms with Crippen LogP contribution < -0.4 is 10.9 Å². The summed E-state index contributed by atoms with van der Waals surface area (Å²) in [5, 5.41) is 6.95. The van der Waals surface area contributed by atoms with Crippen LogP contribution in [0.4, 0.5) is 0 Å². The molecule has 2 heterocycles. The summed E-state index contributed by atoms with van der Waals surface area (Å²) in [6.45, 7) is 3.30. The maximum Gasteiger partial charge on any atom is 0.272 e. The molecule has 1 amide bonds. The monoisotopic (exact) mass is 307 g/mol. The minimum atomic E-state index is -0.396. The van der Waals surface area contributed by atoms with E-state index in [1.54, 1.807) is 0 Å². The maximum atomic E-state index is 12.3. The van der Waals surface area contributed by atoms with Crippen molar-refractivity contribution in [2.24, 2.45) is 7.05 Å². The molecule has 3 rings (SSSR count). The number of hydrogen-bond acceptors (Lipinski definition) is 5. The maximum absolute atomic E-state index is 12.3. The molecule has 1 spiro atoms. The van der Waals surface area contributed by atoms with Crippen molar-refractivity contribution in [1.29, 1.82) is 0 Å². The number of nitrogens with one attached hydrogen (secondary N) is 1. The third-order valence-corrected chi connectivity index (χ3v) is 4.53. The van der Waals surface area contributed by atoms with Crippen molar-refractivity contribution in [2.45, 2.75) is 43.9 Å². The molecule has 0 radical (unpaired) electrons. The van der Waals surface area contributed by atoms with Crippen LogP contribution in [0.15, 0.2) is 16.9 Å². The lowest BCUT2D eigenvalue weighted by atomic mass is 9.70. The van der Waals surface area contributed by atoms with Crippen LogP contribution in [0.2, 0.25) is 0 Å². The summed E-state index contributed by atoms with van der Waals surface area (Å²) in [7, 11) is 1.52. The second kappa shape index (κ2) is 5.81. The van der Waals surface area contributed by atoms with Gasteiger partial charge in [-0.3, -0.25) is 9.59 Å². The Balaban J connectivity index is 1.71. The van der Waals surface area contributed by atoms with Crippen LogP contribution in [0.3, 0.4) is 0 Å². The summed E-state index contributed by atoms with van der Waals surface area (Å²) in [6, 6.07) is 2.71. The first kappa shape index (κ1) is 15.2. The Labute approximate surface area is 128 Å². The van der Waals surface area contributed by atoms with Gasteiger partial charge in [0.05, 0.1) is 12.1 Å². The number of amides is 1. The Morgan fingerprint density at radius 2 is 2.41 bits per heavy atom. The third-order valence-electron chi connectivity index (χ3n) is 4.53. The second-order valence-electron chi connectivity index (χ2n) is 5.79. The Morgan fingerprint density at radius 1 is 1.59 bits per heavy atom. The first-order valence-corrected chi connectivity index (χ1v) is 7.67. The van der Waals surface area contributed by atoms with E-state index in [0.717, 1.165) is 23.9 Å². The Bertz CT molecular complexity index is 621. The number of aryl methyl sites for hydroxylation is 1. The van der Waals surface area contributed by atoms with Crippen molar-refractivity contribution in [1.82, 2.24) is 15.1 Å². The highest BCUT2D eigenvalue weighted by molar-refractivity contribution is 5.92. The molecule has 3 atom stereocenters. The predicted octanol–water partition coefficient (Wildman–Crippen LogP) is 0.237. The lowest BCUT2D eigenvalue weighted by Gasteiger charge is -2.52. The average Bonchev–Trinajstić information content (AvgIpc) is 3.01. The normalized spacial score (nSPS) is 30.3. The second-order valence-corrected chi connectivity index (χ2v) is 5.79. The van der Waals surface area contributed by atoms with Gasteiger partial charge in [0.15, 0.2) is 0 Å². The molecule has 2 fully saturated rings. The molecule has 0 unspecified atom stereocenters. The number of hydrogen-bond donors (Lipinski definition) is 1. The number of nitrogens with zero attached hydrogens (tertiary/aromatic N) is 2. The van der Waals surface area contributed by atoms with Gasteiger partial charge in [-0.15, -0.1) is 0 Å². The molecule has 7 heteroatoms. The molecule has 1 aromatic rings. The van der Waals surface area contributed by atoms with E-state index in [1.807, 2.05) is 6.92 Å². The van der Waals surface area contributed by atoms with Crippen molar-refractivity contribution >= 4 is 5.91 Å².